The van der Waals surface area contributed by atoms with Gasteiger partial charge < -0.3 is 15.5 Å². The lowest BCUT2D eigenvalue weighted by molar-refractivity contribution is -0.127. The van der Waals surface area contributed by atoms with Gasteiger partial charge in [0.15, 0.2) is 0 Å². The van der Waals surface area contributed by atoms with Gasteiger partial charge in [-0.15, -0.1) is 11.8 Å². The Morgan fingerprint density at radius 2 is 2.00 bits per heavy atom. The molecule has 2 heterocycles. The van der Waals surface area contributed by atoms with Crippen molar-refractivity contribution in [2.24, 2.45) is 5.92 Å². The second kappa shape index (κ2) is 9.97. The normalized spacial score (nSPS) is 20.2. The standard InChI is InChI=1S/C20H29N3O2S/c24-19(23-12-3-4-13-23)15-26-18-8-2-1-7-17(18)20(25)22-11-9-16-6-5-10-21-14-16/h1-2,7-8,16,21H,3-6,9-15H2,(H,22,25). The molecule has 2 aliphatic heterocycles. The third-order valence-corrected chi connectivity index (χ3v) is 6.24. The van der Waals surface area contributed by atoms with Gasteiger partial charge in [-0.2, -0.15) is 0 Å². The van der Waals surface area contributed by atoms with Crippen LogP contribution in [-0.2, 0) is 4.79 Å². The Bertz CT molecular complexity index is 611. The maximum Gasteiger partial charge on any atom is 0.252 e. The highest BCUT2D eigenvalue weighted by molar-refractivity contribution is 8.00. The second-order valence-electron chi connectivity index (χ2n) is 7.13. The first-order valence-corrected chi connectivity index (χ1v) is 10.7. The monoisotopic (exact) mass is 375 g/mol. The summed E-state index contributed by atoms with van der Waals surface area (Å²) in [6, 6.07) is 7.58. The van der Waals surface area contributed by atoms with Gasteiger partial charge >= 0.3 is 0 Å². The fourth-order valence-electron chi connectivity index (χ4n) is 3.63. The Morgan fingerprint density at radius 1 is 1.19 bits per heavy atom. The van der Waals surface area contributed by atoms with E-state index in [0.717, 1.165) is 50.3 Å². The Hall–Kier alpha value is -1.53. The molecule has 0 spiro atoms. The lowest BCUT2D eigenvalue weighted by atomic mass is 9.96. The first-order valence-electron chi connectivity index (χ1n) is 9.72. The molecule has 0 radical (unpaired) electrons. The second-order valence-corrected chi connectivity index (χ2v) is 8.15. The molecule has 0 bridgehead atoms. The molecule has 1 aromatic carbocycles. The van der Waals surface area contributed by atoms with Crippen LogP contribution in [0, 0.1) is 5.92 Å². The van der Waals surface area contributed by atoms with Crippen molar-refractivity contribution >= 4 is 23.6 Å². The number of thioether (sulfide) groups is 1. The minimum atomic E-state index is -0.0366. The molecule has 0 aliphatic carbocycles. The van der Waals surface area contributed by atoms with Crippen LogP contribution < -0.4 is 10.6 Å². The number of nitrogens with zero attached hydrogens (tertiary/aromatic N) is 1. The Morgan fingerprint density at radius 3 is 2.77 bits per heavy atom. The van der Waals surface area contributed by atoms with Crippen molar-refractivity contribution in [3.63, 3.8) is 0 Å². The molecule has 1 atom stereocenters. The number of carbonyl (C=O) groups excluding carboxylic acids is 2. The summed E-state index contributed by atoms with van der Waals surface area (Å²) in [5.74, 6) is 1.20. The van der Waals surface area contributed by atoms with Crippen LogP contribution in [0.25, 0.3) is 0 Å². The molecule has 26 heavy (non-hydrogen) atoms. The molecule has 6 heteroatoms. The molecule has 0 saturated carbocycles. The molecular weight excluding hydrogens is 346 g/mol. The van der Waals surface area contributed by atoms with Gasteiger partial charge in [-0.05, 0) is 63.2 Å². The predicted molar refractivity (Wildman–Crippen MR) is 106 cm³/mol. The van der Waals surface area contributed by atoms with Crippen LogP contribution in [0.15, 0.2) is 29.2 Å². The summed E-state index contributed by atoms with van der Waals surface area (Å²) < 4.78 is 0. The number of hydrogen-bond donors (Lipinski definition) is 2. The highest BCUT2D eigenvalue weighted by Crippen LogP contribution is 2.24. The van der Waals surface area contributed by atoms with Gasteiger partial charge in [0.1, 0.15) is 0 Å². The Labute approximate surface area is 160 Å². The molecule has 3 rings (SSSR count). The molecule has 5 nitrogen and oxygen atoms in total. The molecular formula is C20H29N3O2S. The van der Waals surface area contributed by atoms with E-state index in [1.54, 1.807) is 0 Å². The van der Waals surface area contributed by atoms with Crippen molar-refractivity contribution in [3.05, 3.63) is 29.8 Å². The van der Waals surface area contributed by atoms with Crippen molar-refractivity contribution in [2.45, 2.75) is 37.0 Å². The van der Waals surface area contributed by atoms with E-state index in [-0.39, 0.29) is 11.8 Å². The van der Waals surface area contributed by atoms with E-state index in [0.29, 0.717) is 23.8 Å². The number of likely N-dealkylation sites (tertiary alicyclic amines) is 1. The first kappa shape index (κ1) is 19.2. The van der Waals surface area contributed by atoms with Crippen molar-refractivity contribution in [1.29, 1.82) is 0 Å². The summed E-state index contributed by atoms with van der Waals surface area (Å²) in [5.41, 5.74) is 0.675. The van der Waals surface area contributed by atoms with Crippen molar-refractivity contribution in [1.82, 2.24) is 15.5 Å². The number of amides is 2. The third-order valence-electron chi connectivity index (χ3n) is 5.18. The maximum atomic E-state index is 12.6. The van der Waals surface area contributed by atoms with Gasteiger partial charge in [0.25, 0.3) is 5.91 Å². The maximum absolute atomic E-state index is 12.6. The highest BCUT2D eigenvalue weighted by Gasteiger charge is 2.19. The number of piperidine rings is 1. The average Bonchev–Trinajstić information content (AvgIpc) is 3.22. The van der Waals surface area contributed by atoms with Crippen LogP contribution in [0.1, 0.15) is 42.5 Å². The molecule has 2 amide bonds. The van der Waals surface area contributed by atoms with Crippen LogP contribution in [-0.4, -0.2) is 55.2 Å². The highest BCUT2D eigenvalue weighted by atomic mass is 32.2. The fourth-order valence-corrected chi connectivity index (χ4v) is 4.59. The number of hydrogen-bond acceptors (Lipinski definition) is 4. The summed E-state index contributed by atoms with van der Waals surface area (Å²) in [7, 11) is 0. The van der Waals surface area contributed by atoms with E-state index in [2.05, 4.69) is 10.6 Å². The molecule has 2 saturated heterocycles. The number of carbonyl (C=O) groups is 2. The topological polar surface area (TPSA) is 61.4 Å². The molecule has 2 fully saturated rings. The zero-order chi connectivity index (χ0) is 18.2. The van der Waals surface area contributed by atoms with Crippen LogP contribution in [0.4, 0.5) is 0 Å². The zero-order valence-corrected chi connectivity index (χ0v) is 16.2. The smallest absolute Gasteiger partial charge is 0.252 e. The van der Waals surface area contributed by atoms with Gasteiger partial charge in [0.05, 0.1) is 11.3 Å². The molecule has 0 aromatic heterocycles. The van der Waals surface area contributed by atoms with Crippen LogP contribution in [0.5, 0.6) is 0 Å². The Kier molecular flexibility index (Phi) is 7.38. The predicted octanol–water partition coefficient (Wildman–Crippen LogP) is 2.52. The van der Waals surface area contributed by atoms with Crippen molar-refractivity contribution < 1.29 is 9.59 Å². The molecule has 1 aromatic rings. The van der Waals surface area contributed by atoms with Gasteiger partial charge in [0.2, 0.25) is 5.91 Å². The lowest BCUT2D eigenvalue weighted by Gasteiger charge is -2.22. The van der Waals surface area contributed by atoms with E-state index < -0.39 is 0 Å². The molecule has 2 aliphatic rings. The summed E-state index contributed by atoms with van der Waals surface area (Å²) in [4.78, 5) is 27.6. The SMILES string of the molecule is O=C(NCCC1CCCNC1)c1ccccc1SCC(=O)N1CCCC1. The molecule has 2 N–H and O–H groups in total. The lowest BCUT2D eigenvalue weighted by Crippen LogP contribution is -2.33. The number of nitrogens with one attached hydrogen (secondary N) is 2. The average molecular weight is 376 g/mol. The van der Waals surface area contributed by atoms with Gasteiger partial charge in [0, 0.05) is 24.5 Å². The van der Waals surface area contributed by atoms with Crippen molar-refractivity contribution in [3.8, 4) is 0 Å². The molecule has 1 unspecified atom stereocenters. The third kappa shape index (κ3) is 5.48. The quantitative estimate of drug-likeness (QED) is 0.719. The summed E-state index contributed by atoms with van der Waals surface area (Å²) in [6.45, 7) is 4.62. The summed E-state index contributed by atoms with van der Waals surface area (Å²) in [5, 5.41) is 6.47. The van der Waals surface area contributed by atoms with E-state index in [9.17, 15) is 9.59 Å². The number of rotatable bonds is 7. The van der Waals surface area contributed by atoms with Gasteiger partial charge in [-0.1, -0.05) is 12.1 Å². The zero-order valence-electron chi connectivity index (χ0n) is 15.3. The summed E-state index contributed by atoms with van der Waals surface area (Å²) in [6.07, 6.45) is 5.69. The first-order chi connectivity index (χ1) is 12.7. The summed E-state index contributed by atoms with van der Waals surface area (Å²) >= 11 is 1.47. The number of benzene rings is 1. The van der Waals surface area contributed by atoms with Gasteiger partial charge in [-0.25, -0.2) is 0 Å². The minimum absolute atomic E-state index is 0.0366. The molecule has 142 valence electrons. The Balaban J connectivity index is 1.48. The van der Waals surface area contributed by atoms with E-state index in [4.69, 9.17) is 0 Å². The van der Waals surface area contributed by atoms with Crippen LogP contribution >= 0.6 is 11.8 Å². The largest absolute Gasteiger partial charge is 0.352 e. The van der Waals surface area contributed by atoms with Gasteiger partial charge in [-0.3, -0.25) is 9.59 Å². The van der Waals surface area contributed by atoms with Crippen LogP contribution in [0.3, 0.4) is 0 Å². The van der Waals surface area contributed by atoms with Crippen LogP contribution in [0.2, 0.25) is 0 Å². The van der Waals surface area contributed by atoms with E-state index >= 15 is 0 Å². The van der Waals surface area contributed by atoms with Crippen molar-refractivity contribution in [2.75, 3.05) is 38.5 Å². The fraction of sp³-hybridized carbons (Fsp3) is 0.600. The van der Waals surface area contributed by atoms with E-state index in [1.165, 1.54) is 24.6 Å². The van der Waals surface area contributed by atoms with E-state index in [1.807, 2.05) is 29.2 Å². The minimum Gasteiger partial charge on any atom is -0.352 e.